The quantitative estimate of drug-likeness (QED) is 0.699. The van der Waals surface area contributed by atoms with Gasteiger partial charge in [0.2, 0.25) is 15.9 Å². The molecule has 1 aromatic carbocycles. The molecule has 3 rings (SSSR count). The van der Waals surface area contributed by atoms with Crippen LogP contribution in [0.4, 0.5) is 13.2 Å². The first kappa shape index (κ1) is 23.8. The minimum atomic E-state index is -4.26. The van der Waals surface area contributed by atoms with Crippen molar-refractivity contribution in [2.24, 2.45) is 5.92 Å². The van der Waals surface area contributed by atoms with Crippen LogP contribution in [0.5, 0.6) is 5.75 Å². The summed E-state index contributed by atoms with van der Waals surface area (Å²) in [5, 5.41) is 2.67. The first-order valence-electron chi connectivity index (χ1n) is 10.2. The molecule has 7 nitrogen and oxygen atoms in total. The molecule has 2 aliphatic rings. The Bertz CT molecular complexity index is 885. The van der Waals surface area contributed by atoms with Crippen LogP contribution in [0, 0.1) is 5.92 Å². The normalized spacial score (nSPS) is 23.4. The van der Waals surface area contributed by atoms with Crippen LogP contribution in [0.15, 0.2) is 23.1 Å². The number of nitrogens with zero attached hydrogens (tertiary/aromatic N) is 1. The number of ether oxygens (including phenoxy) is 2. The van der Waals surface area contributed by atoms with E-state index in [1.54, 1.807) is 6.07 Å². The lowest BCUT2D eigenvalue weighted by Crippen LogP contribution is -2.42. The standard InChI is InChI=1S/C20H27F3N2O5S/c1-29-17-6-5-14(11-18(17)31(27,28)25-7-9-30-10-8-25)12-19(26)24-16-4-2-3-15(13-16)20(21,22)23/h5-6,11,15-16H,2-4,7-10,12-13H2,1H3,(H,24,26). The van der Waals surface area contributed by atoms with E-state index in [0.29, 0.717) is 31.6 Å². The number of morpholine rings is 1. The zero-order valence-corrected chi connectivity index (χ0v) is 18.1. The predicted molar refractivity (Wildman–Crippen MR) is 106 cm³/mol. The van der Waals surface area contributed by atoms with Gasteiger partial charge in [0.25, 0.3) is 0 Å². The molecule has 0 bridgehead atoms. The van der Waals surface area contributed by atoms with Crippen LogP contribution in [-0.4, -0.2) is 64.3 Å². The Morgan fingerprint density at radius 2 is 1.97 bits per heavy atom. The summed E-state index contributed by atoms with van der Waals surface area (Å²) in [5.74, 6) is -1.68. The fourth-order valence-corrected chi connectivity index (χ4v) is 5.65. The summed E-state index contributed by atoms with van der Waals surface area (Å²) < 4.78 is 76.7. The Morgan fingerprint density at radius 1 is 1.26 bits per heavy atom. The third-order valence-electron chi connectivity index (χ3n) is 5.68. The summed E-state index contributed by atoms with van der Waals surface area (Å²) in [6.07, 6.45) is -3.55. The highest BCUT2D eigenvalue weighted by molar-refractivity contribution is 7.89. The van der Waals surface area contributed by atoms with Crippen molar-refractivity contribution in [1.29, 1.82) is 0 Å². The van der Waals surface area contributed by atoms with Gasteiger partial charge in [0.1, 0.15) is 10.6 Å². The predicted octanol–water partition coefficient (Wildman–Crippen LogP) is 2.50. The lowest BCUT2D eigenvalue weighted by atomic mass is 9.85. The molecule has 1 aliphatic heterocycles. The number of hydrogen-bond donors (Lipinski definition) is 1. The van der Waals surface area contributed by atoms with Gasteiger partial charge in [-0.1, -0.05) is 12.5 Å². The van der Waals surface area contributed by atoms with Gasteiger partial charge in [-0.15, -0.1) is 0 Å². The number of rotatable bonds is 6. The number of benzene rings is 1. The molecule has 2 fully saturated rings. The topological polar surface area (TPSA) is 84.9 Å². The number of amides is 1. The maximum atomic E-state index is 13.0. The molecule has 1 aliphatic carbocycles. The molecule has 0 radical (unpaired) electrons. The zero-order chi connectivity index (χ0) is 22.6. The van der Waals surface area contributed by atoms with Crippen LogP contribution < -0.4 is 10.1 Å². The first-order valence-corrected chi connectivity index (χ1v) is 11.7. The fraction of sp³-hybridized carbons (Fsp3) is 0.650. The Morgan fingerprint density at radius 3 is 2.61 bits per heavy atom. The van der Waals surface area contributed by atoms with Gasteiger partial charge in [-0.3, -0.25) is 4.79 Å². The minimum Gasteiger partial charge on any atom is -0.495 e. The monoisotopic (exact) mass is 464 g/mol. The number of alkyl halides is 3. The summed E-state index contributed by atoms with van der Waals surface area (Å²) in [6.45, 7) is 1.03. The molecule has 1 saturated heterocycles. The Balaban J connectivity index is 1.70. The molecular weight excluding hydrogens is 437 g/mol. The highest BCUT2D eigenvalue weighted by atomic mass is 32.2. The van der Waals surface area contributed by atoms with E-state index >= 15 is 0 Å². The molecule has 1 N–H and O–H groups in total. The molecule has 31 heavy (non-hydrogen) atoms. The number of carbonyl (C=O) groups is 1. The van der Waals surface area contributed by atoms with E-state index in [4.69, 9.17) is 9.47 Å². The second-order valence-corrected chi connectivity index (χ2v) is 9.75. The Kier molecular flexibility index (Phi) is 7.48. The van der Waals surface area contributed by atoms with Gasteiger partial charge in [-0.25, -0.2) is 8.42 Å². The van der Waals surface area contributed by atoms with Gasteiger partial charge in [0.05, 0.1) is 32.7 Å². The lowest BCUT2D eigenvalue weighted by molar-refractivity contribution is -0.184. The third kappa shape index (κ3) is 5.89. The van der Waals surface area contributed by atoms with Crippen LogP contribution in [0.3, 0.4) is 0 Å². The maximum absolute atomic E-state index is 13.0. The molecule has 0 aromatic heterocycles. The highest BCUT2D eigenvalue weighted by Crippen LogP contribution is 2.37. The van der Waals surface area contributed by atoms with Gasteiger partial charge < -0.3 is 14.8 Å². The summed E-state index contributed by atoms with van der Waals surface area (Å²) in [4.78, 5) is 12.4. The largest absolute Gasteiger partial charge is 0.495 e. The maximum Gasteiger partial charge on any atom is 0.391 e. The van der Waals surface area contributed by atoms with Crippen molar-refractivity contribution < 1.29 is 35.9 Å². The summed E-state index contributed by atoms with van der Waals surface area (Å²) >= 11 is 0. The average molecular weight is 465 g/mol. The second-order valence-electron chi connectivity index (χ2n) is 7.85. The molecule has 0 spiro atoms. The average Bonchev–Trinajstić information content (AvgIpc) is 2.74. The summed E-state index contributed by atoms with van der Waals surface area (Å²) in [5.41, 5.74) is 0.438. The number of carbonyl (C=O) groups excluding carboxylic acids is 1. The van der Waals surface area contributed by atoms with Crippen LogP contribution in [0.2, 0.25) is 0 Å². The molecule has 174 valence electrons. The summed E-state index contributed by atoms with van der Waals surface area (Å²) in [6, 6.07) is 3.91. The van der Waals surface area contributed by atoms with Crippen molar-refractivity contribution in [3.05, 3.63) is 23.8 Å². The van der Waals surface area contributed by atoms with Crippen LogP contribution in [-0.2, 0) is 26.0 Å². The van der Waals surface area contributed by atoms with Gasteiger partial charge in [0, 0.05) is 19.1 Å². The van der Waals surface area contributed by atoms with E-state index in [1.165, 1.54) is 23.5 Å². The molecule has 2 atom stereocenters. The number of methoxy groups -OCH3 is 1. The highest BCUT2D eigenvalue weighted by Gasteiger charge is 2.42. The number of halogens is 3. The van der Waals surface area contributed by atoms with Gasteiger partial charge in [0.15, 0.2) is 0 Å². The van der Waals surface area contributed by atoms with Crippen molar-refractivity contribution in [3.63, 3.8) is 0 Å². The van der Waals surface area contributed by atoms with Crippen molar-refractivity contribution in [3.8, 4) is 5.75 Å². The molecule has 2 unspecified atom stereocenters. The third-order valence-corrected chi connectivity index (χ3v) is 7.60. The Labute approximate surface area is 179 Å². The molecule has 1 amide bonds. The van der Waals surface area contributed by atoms with E-state index in [0.717, 1.165) is 0 Å². The van der Waals surface area contributed by atoms with Crippen molar-refractivity contribution >= 4 is 15.9 Å². The van der Waals surface area contributed by atoms with E-state index in [-0.39, 0.29) is 43.0 Å². The number of nitrogens with one attached hydrogen (secondary N) is 1. The first-order chi connectivity index (χ1) is 14.6. The van der Waals surface area contributed by atoms with E-state index in [2.05, 4.69) is 5.32 Å². The van der Waals surface area contributed by atoms with Crippen LogP contribution in [0.1, 0.15) is 31.2 Å². The fourth-order valence-electron chi connectivity index (χ4n) is 4.04. The minimum absolute atomic E-state index is 0.0444. The van der Waals surface area contributed by atoms with E-state index in [9.17, 15) is 26.4 Å². The van der Waals surface area contributed by atoms with E-state index in [1.807, 2.05) is 0 Å². The molecule has 1 saturated carbocycles. The van der Waals surface area contributed by atoms with Crippen molar-refractivity contribution in [1.82, 2.24) is 9.62 Å². The Hall–Kier alpha value is -1.85. The van der Waals surface area contributed by atoms with Crippen molar-refractivity contribution in [2.45, 2.75) is 49.2 Å². The second kappa shape index (κ2) is 9.74. The SMILES string of the molecule is COc1ccc(CC(=O)NC2CCCC(C(F)(F)F)C2)cc1S(=O)(=O)N1CCOCC1. The van der Waals surface area contributed by atoms with Crippen molar-refractivity contribution in [2.75, 3.05) is 33.4 Å². The summed E-state index contributed by atoms with van der Waals surface area (Å²) in [7, 11) is -2.48. The van der Waals surface area contributed by atoms with Crippen LogP contribution >= 0.6 is 0 Å². The van der Waals surface area contributed by atoms with Gasteiger partial charge >= 0.3 is 6.18 Å². The van der Waals surface area contributed by atoms with Gasteiger partial charge in [-0.2, -0.15) is 17.5 Å². The lowest BCUT2D eigenvalue weighted by Gasteiger charge is -2.31. The number of hydrogen-bond acceptors (Lipinski definition) is 5. The molecular formula is C20H27F3N2O5S. The van der Waals surface area contributed by atoms with Crippen LogP contribution in [0.25, 0.3) is 0 Å². The molecule has 1 aromatic rings. The number of sulfonamides is 1. The molecule has 11 heteroatoms. The van der Waals surface area contributed by atoms with Gasteiger partial charge in [-0.05, 0) is 37.0 Å². The molecule has 1 heterocycles. The smallest absolute Gasteiger partial charge is 0.391 e. The zero-order valence-electron chi connectivity index (χ0n) is 17.3. The van der Waals surface area contributed by atoms with E-state index < -0.39 is 34.1 Å².